The molecule has 0 aliphatic rings. The fourth-order valence-electron chi connectivity index (χ4n) is 2.93. The van der Waals surface area contributed by atoms with Crippen LogP contribution in [0.2, 0.25) is 5.02 Å². The Labute approximate surface area is 198 Å². The highest BCUT2D eigenvalue weighted by atomic mass is 35.5. The van der Waals surface area contributed by atoms with Crippen molar-refractivity contribution >= 4 is 23.5 Å². The van der Waals surface area contributed by atoms with E-state index in [2.05, 4.69) is 17.2 Å². The second-order valence-corrected chi connectivity index (χ2v) is 7.13. The van der Waals surface area contributed by atoms with Crippen molar-refractivity contribution in [1.29, 1.82) is 0 Å². The topological polar surface area (TPSA) is 83.1 Å². The van der Waals surface area contributed by atoms with Crippen molar-refractivity contribution in [2.24, 2.45) is 0 Å². The van der Waals surface area contributed by atoms with Crippen molar-refractivity contribution < 1.29 is 28.5 Å². The zero-order valence-corrected chi connectivity index (χ0v) is 19.1. The molecule has 0 aliphatic heterocycles. The maximum atomic E-state index is 12.9. The summed E-state index contributed by atoms with van der Waals surface area (Å²) in [5.74, 6) is 4.60. The van der Waals surface area contributed by atoms with Crippen LogP contribution in [0.25, 0.3) is 0 Å². The summed E-state index contributed by atoms with van der Waals surface area (Å²) in [6.45, 7) is 1.27. The second kappa shape index (κ2) is 13.0. The SMILES string of the molecule is C#CCOc1ccc(C(CNC(=O)C(OCC#C)c2ccc(Cl)cc2)OC(C)=O)cc1OC. The molecule has 2 atom stereocenters. The molecule has 8 heteroatoms. The largest absolute Gasteiger partial charge is 0.493 e. The lowest BCUT2D eigenvalue weighted by Gasteiger charge is -2.22. The molecule has 0 bridgehead atoms. The van der Waals surface area contributed by atoms with Crippen molar-refractivity contribution in [2.45, 2.75) is 19.1 Å². The third-order valence-electron chi connectivity index (χ3n) is 4.38. The van der Waals surface area contributed by atoms with Gasteiger partial charge in [-0.1, -0.05) is 41.6 Å². The quantitative estimate of drug-likeness (QED) is 0.401. The summed E-state index contributed by atoms with van der Waals surface area (Å²) in [5.41, 5.74) is 1.16. The molecule has 2 aromatic carbocycles. The number of ether oxygens (including phenoxy) is 4. The van der Waals surface area contributed by atoms with Crippen LogP contribution in [0.15, 0.2) is 42.5 Å². The molecule has 0 spiro atoms. The van der Waals surface area contributed by atoms with Crippen LogP contribution < -0.4 is 14.8 Å². The van der Waals surface area contributed by atoms with E-state index >= 15 is 0 Å². The summed E-state index contributed by atoms with van der Waals surface area (Å²) in [6, 6.07) is 11.6. The van der Waals surface area contributed by atoms with Gasteiger partial charge in [0.05, 0.1) is 13.7 Å². The predicted octanol–water partition coefficient (Wildman–Crippen LogP) is 3.47. The number of hydrogen-bond acceptors (Lipinski definition) is 6. The first kappa shape index (κ1) is 25.6. The Balaban J connectivity index is 2.21. The summed E-state index contributed by atoms with van der Waals surface area (Å²) in [5, 5.41) is 3.28. The number of carbonyl (C=O) groups excluding carboxylic acids is 2. The number of carbonyl (C=O) groups is 2. The van der Waals surface area contributed by atoms with Gasteiger partial charge in [-0.05, 0) is 35.4 Å². The molecule has 0 radical (unpaired) electrons. The lowest BCUT2D eigenvalue weighted by Crippen LogP contribution is -2.35. The van der Waals surface area contributed by atoms with E-state index in [0.29, 0.717) is 27.6 Å². The van der Waals surface area contributed by atoms with Crippen LogP contribution in [0.5, 0.6) is 11.5 Å². The Bertz CT molecular complexity index is 1040. The number of benzene rings is 2. The van der Waals surface area contributed by atoms with Gasteiger partial charge in [0, 0.05) is 11.9 Å². The Kier molecular flexibility index (Phi) is 10.1. The van der Waals surface area contributed by atoms with Gasteiger partial charge in [0.2, 0.25) is 0 Å². The molecule has 2 aromatic rings. The smallest absolute Gasteiger partial charge is 0.303 e. The third kappa shape index (κ3) is 7.76. The summed E-state index contributed by atoms with van der Waals surface area (Å²) in [7, 11) is 1.48. The lowest BCUT2D eigenvalue weighted by atomic mass is 10.1. The van der Waals surface area contributed by atoms with E-state index in [1.807, 2.05) is 0 Å². The summed E-state index contributed by atoms with van der Waals surface area (Å²) >= 11 is 5.93. The molecule has 0 aliphatic carbocycles. The van der Waals surface area contributed by atoms with Gasteiger partial charge in [-0.15, -0.1) is 12.8 Å². The molecule has 0 saturated carbocycles. The van der Waals surface area contributed by atoms with Crippen molar-refractivity contribution in [1.82, 2.24) is 5.32 Å². The first-order valence-corrected chi connectivity index (χ1v) is 10.3. The van der Waals surface area contributed by atoms with Gasteiger partial charge in [-0.3, -0.25) is 9.59 Å². The Morgan fingerprint density at radius 3 is 2.30 bits per heavy atom. The highest BCUT2D eigenvalue weighted by Crippen LogP contribution is 2.31. The van der Waals surface area contributed by atoms with Gasteiger partial charge in [0.15, 0.2) is 17.6 Å². The molecular weight excluding hydrogens is 446 g/mol. The summed E-state index contributed by atoms with van der Waals surface area (Å²) in [4.78, 5) is 24.6. The normalized spacial score (nSPS) is 11.9. The minimum atomic E-state index is -0.967. The minimum absolute atomic E-state index is 0.0182. The van der Waals surface area contributed by atoms with E-state index < -0.39 is 24.1 Å². The first-order valence-electron chi connectivity index (χ1n) is 9.89. The average molecular weight is 470 g/mol. The number of nitrogens with one attached hydrogen (secondary N) is 1. The molecule has 7 nitrogen and oxygen atoms in total. The van der Waals surface area contributed by atoms with Gasteiger partial charge in [-0.2, -0.15) is 0 Å². The van der Waals surface area contributed by atoms with Crippen LogP contribution in [0, 0.1) is 24.7 Å². The maximum Gasteiger partial charge on any atom is 0.303 e. The van der Waals surface area contributed by atoms with Gasteiger partial charge in [-0.25, -0.2) is 0 Å². The van der Waals surface area contributed by atoms with Crippen LogP contribution in [0.1, 0.15) is 30.3 Å². The van der Waals surface area contributed by atoms with Gasteiger partial charge >= 0.3 is 5.97 Å². The fraction of sp³-hybridized carbons (Fsp3) is 0.280. The molecule has 0 heterocycles. The number of terminal acetylenes is 2. The van der Waals surface area contributed by atoms with Gasteiger partial charge in [0.1, 0.15) is 19.3 Å². The van der Waals surface area contributed by atoms with E-state index in [0.717, 1.165) is 0 Å². The van der Waals surface area contributed by atoms with Crippen LogP contribution in [0.4, 0.5) is 0 Å². The molecule has 0 fully saturated rings. The first-order chi connectivity index (χ1) is 15.9. The summed E-state index contributed by atoms with van der Waals surface area (Å²) < 4.78 is 21.7. The number of halogens is 1. The Hall–Kier alpha value is -3.65. The number of methoxy groups -OCH3 is 1. The van der Waals surface area contributed by atoms with Crippen molar-refractivity contribution in [3.8, 4) is 36.2 Å². The number of amides is 1. The number of hydrogen-bond donors (Lipinski definition) is 1. The second-order valence-electron chi connectivity index (χ2n) is 6.69. The maximum absolute atomic E-state index is 12.9. The highest BCUT2D eigenvalue weighted by molar-refractivity contribution is 6.30. The van der Waals surface area contributed by atoms with Crippen molar-refractivity contribution in [2.75, 3.05) is 26.9 Å². The van der Waals surface area contributed by atoms with E-state index in [4.69, 9.17) is 43.4 Å². The molecule has 0 aromatic heterocycles. The van der Waals surface area contributed by atoms with E-state index in [1.165, 1.54) is 14.0 Å². The molecule has 0 saturated heterocycles. The third-order valence-corrected chi connectivity index (χ3v) is 4.64. The van der Waals surface area contributed by atoms with Crippen LogP contribution in [-0.4, -0.2) is 38.7 Å². The fourth-order valence-corrected chi connectivity index (χ4v) is 3.06. The van der Waals surface area contributed by atoms with Crippen LogP contribution >= 0.6 is 11.6 Å². The standard InChI is InChI=1S/C25H24ClNO6/c1-5-13-31-21-12-9-19(15-22(21)30-4)23(33-17(3)28)16-27-25(29)24(32-14-6-2)18-7-10-20(26)11-8-18/h1-2,7-12,15,23-24H,13-14,16H2,3-4H3,(H,27,29). The van der Waals surface area contributed by atoms with Gasteiger partial charge < -0.3 is 24.3 Å². The summed E-state index contributed by atoms with van der Waals surface area (Å²) in [6.07, 6.45) is 8.76. The molecule has 172 valence electrons. The molecule has 1 N–H and O–H groups in total. The molecule has 1 amide bonds. The number of rotatable bonds is 11. The van der Waals surface area contributed by atoms with E-state index in [1.54, 1.807) is 42.5 Å². The molecule has 2 unspecified atom stereocenters. The monoisotopic (exact) mass is 469 g/mol. The van der Waals surface area contributed by atoms with Crippen LogP contribution in [-0.2, 0) is 19.1 Å². The minimum Gasteiger partial charge on any atom is -0.493 e. The van der Waals surface area contributed by atoms with Crippen molar-refractivity contribution in [3.63, 3.8) is 0 Å². The Morgan fingerprint density at radius 2 is 1.70 bits per heavy atom. The number of esters is 1. The zero-order chi connectivity index (χ0) is 24.2. The average Bonchev–Trinajstić information content (AvgIpc) is 2.81. The lowest BCUT2D eigenvalue weighted by molar-refractivity contribution is -0.147. The van der Waals surface area contributed by atoms with E-state index in [-0.39, 0.29) is 19.8 Å². The van der Waals surface area contributed by atoms with Gasteiger partial charge in [0.25, 0.3) is 5.91 Å². The molecule has 33 heavy (non-hydrogen) atoms. The molecular formula is C25H24ClNO6. The predicted molar refractivity (Wildman–Crippen MR) is 124 cm³/mol. The van der Waals surface area contributed by atoms with E-state index in [9.17, 15) is 9.59 Å². The molecule has 2 rings (SSSR count). The van der Waals surface area contributed by atoms with Crippen LogP contribution in [0.3, 0.4) is 0 Å². The highest BCUT2D eigenvalue weighted by Gasteiger charge is 2.24. The zero-order valence-electron chi connectivity index (χ0n) is 18.3. The van der Waals surface area contributed by atoms with Crippen molar-refractivity contribution in [3.05, 3.63) is 58.6 Å². The Morgan fingerprint density at radius 1 is 1.03 bits per heavy atom.